The van der Waals surface area contributed by atoms with Crippen LogP contribution in [0.1, 0.15) is 30.3 Å². The third-order valence-electron chi connectivity index (χ3n) is 5.43. The molecule has 10 nitrogen and oxygen atoms in total. The molecular weight excluding hydrogens is 452 g/mol. The van der Waals surface area contributed by atoms with Gasteiger partial charge < -0.3 is 19.5 Å². The summed E-state index contributed by atoms with van der Waals surface area (Å²) in [5.74, 6) is -0.529. The van der Waals surface area contributed by atoms with E-state index in [2.05, 4.69) is 15.7 Å². The van der Waals surface area contributed by atoms with Crippen molar-refractivity contribution in [3.8, 4) is 28.3 Å². The van der Waals surface area contributed by atoms with Gasteiger partial charge in [0.25, 0.3) is 5.91 Å². The van der Waals surface area contributed by atoms with Crippen molar-refractivity contribution in [2.75, 3.05) is 14.2 Å². The normalized spacial score (nSPS) is 13.5. The lowest BCUT2D eigenvalue weighted by molar-refractivity contribution is -0.127. The Morgan fingerprint density at radius 2 is 1.74 bits per heavy atom. The van der Waals surface area contributed by atoms with Gasteiger partial charge in [-0.2, -0.15) is 5.10 Å². The molecule has 0 saturated heterocycles. The van der Waals surface area contributed by atoms with Gasteiger partial charge in [0.05, 0.1) is 19.9 Å². The number of benzene rings is 2. The highest BCUT2D eigenvalue weighted by molar-refractivity contribution is 6.00. The minimum atomic E-state index is -1.22. The summed E-state index contributed by atoms with van der Waals surface area (Å²) in [5.41, 5.74) is 1.84. The van der Waals surface area contributed by atoms with Crippen molar-refractivity contribution in [3.63, 3.8) is 0 Å². The molecule has 1 aliphatic carbocycles. The third kappa shape index (κ3) is 5.60. The van der Waals surface area contributed by atoms with Crippen molar-refractivity contribution < 1.29 is 28.6 Å². The molecule has 10 heteroatoms. The number of aromatic nitrogens is 2. The number of imide groups is 1. The Morgan fingerprint density at radius 3 is 2.40 bits per heavy atom. The van der Waals surface area contributed by atoms with Gasteiger partial charge in [0.15, 0.2) is 23.3 Å². The van der Waals surface area contributed by atoms with E-state index >= 15 is 0 Å². The second-order valence-electron chi connectivity index (χ2n) is 8.03. The van der Waals surface area contributed by atoms with Gasteiger partial charge in [-0.1, -0.05) is 24.3 Å². The summed E-state index contributed by atoms with van der Waals surface area (Å²) in [6, 6.07) is 13.9. The number of esters is 1. The largest absolute Gasteiger partial charge is 0.493 e. The van der Waals surface area contributed by atoms with Crippen LogP contribution in [0.2, 0.25) is 0 Å². The highest BCUT2D eigenvalue weighted by atomic mass is 16.5. The number of hydrogen-bond acceptors (Lipinski definition) is 7. The predicted octanol–water partition coefficient (Wildman–Crippen LogP) is 3.09. The number of nitrogens with one attached hydrogen (secondary N) is 2. The van der Waals surface area contributed by atoms with Crippen molar-refractivity contribution in [1.82, 2.24) is 20.4 Å². The number of urea groups is 1. The number of hydrogen-bond donors (Lipinski definition) is 2. The maximum atomic E-state index is 13.1. The highest BCUT2D eigenvalue weighted by Crippen LogP contribution is 2.34. The molecule has 2 N–H and O–H groups in total. The lowest BCUT2D eigenvalue weighted by atomic mass is 10.1. The number of carbonyl (C=O) groups excluding carboxylic acids is 3. The number of carbonyl (C=O) groups is 3. The Balaban J connectivity index is 1.61. The second kappa shape index (κ2) is 10.3. The Kier molecular flexibility index (Phi) is 7.00. The van der Waals surface area contributed by atoms with Gasteiger partial charge >= 0.3 is 12.0 Å². The predicted molar refractivity (Wildman–Crippen MR) is 127 cm³/mol. The van der Waals surface area contributed by atoms with Crippen molar-refractivity contribution in [1.29, 1.82) is 0 Å². The summed E-state index contributed by atoms with van der Waals surface area (Å²) in [5, 5.41) is 9.27. The molecule has 0 radical (unpaired) electrons. The number of methoxy groups -OCH3 is 2. The molecule has 1 aliphatic rings. The van der Waals surface area contributed by atoms with Crippen LogP contribution in [-0.4, -0.2) is 54.1 Å². The summed E-state index contributed by atoms with van der Waals surface area (Å²) in [4.78, 5) is 37.3. The van der Waals surface area contributed by atoms with E-state index in [1.54, 1.807) is 29.1 Å². The topological polar surface area (TPSA) is 121 Å². The van der Waals surface area contributed by atoms with Gasteiger partial charge in [-0.05, 0) is 49.6 Å². The van der Waals surface area contributed by atoms with Crippen LogP contribution in [0.3, 0.4) is 0 Å². The van der Waals surface area contributed by atoms with Crippen molar-refractivity contribution in [3.05, 3.63) is 60.4 Å². The average molecular weight is 479 g/mol. The van der Waals surface area contributed by atoms with E-state index in [1.165, 1.54) is 21.1 Å². The number of amides is 3. The molecule has 35 heavy (non-hydrogen) atoms. The van der Waals surface area contributed by atoms with Gasteiger partial charge in [-0.15, -0.1) is 0 Å². The first-order chi connectivity index (χ1) is 16.9. The van der Waals surface area contributed by atoms with Crippen LogP contribution >= 0.6 is 0 Å². The molecule has 4 rings (SSSR count). The van der Waals surface area contributed by atoms with Crippen LogP contribution in [-0.2, 0) is 9.53 Å². The average Bonchev–Trinajstić information content (AvgIpc) is 3.56. The summed E-state index contributed by atoms with van der Waals surface area (Å²) in [7, 11) is 3.05. The molecule has 1 aromatic heterocycles. The summed E-state index contributed by atoms with van der Waals surface area (Å²) in [6.45, 7) is 1.39. The molecule has 3 amide bonds. The maximum absolute atomic E-state index is 13.1. The molecular formula is C25H26N4O6. The minimum absolute atomic E-state index is 0.00292. The first-order valence-electron chi connectivity index (χ1n) is 11.1. The quantitative estimate of drug-likeness (QED) is 0.477. The summed E-state index contributed by atoms with van der Waals surface area (Å²) in [6.07, 6.45) is 2.25. The lowest BCUT2D eigenvalue weighted by Crippen LogP contribution is -2.45. The Morgan fingerprint density at radius 1 is 1.03 bits per heavy atom. The zero-order valence-corrected chi connectivity index (χ0v) is 19.6. The van der Waals surface area contributed by atoms with Crippen LogP contribution in [0.4, 0.5) is 4.79 Å². The van der Waals surface area contributed by atoms with Crippen LogP contribution in [0.5, 0.6) is 11.5 Å². The number of ether oxygens (including phenoxy) is 3. The van der Waals surface area contributed by atoms with E-state index in [4.69, 9.17) is 14.2 Å². The molecule has 1 saturated carbocycles. The zero-order chi connectivity index (χ0) is 24.9. The van der Waals surface area contributed by atoms with E-state index in [9.17, 15) is 14.4 Å². The zero-order valence-electron chi connectivity index (χ0n) is 19.6. The molecule has 1 heterocycles. The van der Waals surface area contributed by atoms with E-state index in [0.29, 0.717) is 22.6 Å². The van der Waals surface area contributed by atoms with Crippen LogP contribution in [0.25, 0.3) is 16.8 Å². The van der Waals surface area contributed by atoms with Gasteiger partial charge in [-0.3, -0.25) is 10.1 Å². The first kappa shape index (κ1) is 23.8. The van der Waals surface area contributed by atoms with E-state index in [-0.39, 0.29) is 11.7 Å². The molecule has 0 spiro atoms. The summed E-state index contributed by atoms with van der Waals surface area (Å²) >= 11 is 0. The van der Waals surface area contributed by atoms with Gasteiger partial charge in [-0.25, -0.2) is 14.3 Å². The third-order valence-corrected chi connectivity index (χ3v) is 5.43. The highest BCUT2D eigenvalue weighted by Gasteiger charge is 2.28. The number of nitrogens with zero attached hydrogens (tertiary/aromatic N) is 2. The van der Waals surface area contributed by atoms with E-state index in [1.807, 2.05) is 30.3 Å². The second-order valence-corrected chi connectivity index (χ2v) is 8.03. The number of para-hydroxylation sites is 1. The Hall–Kier alpha value is -4.34. The molecule has 0 bridgehead atoms. The molecule has 3 aromatic rings. The van der Waals surface area contributed by atoms with Gasteiger partial charge in [0, 0.05) is 17.8 Å². The SMILES string of the molecule is COc1ccc(-c2cn(-c3ccccc3)nc2C(=O)OC(C)C(=O)NC(=O)NC2CC2)cc1OC. The van der Waals surface area contributed by atoms with Crippen LogP contribution < -0.4 is 20.1 Å². The van der Waals surface area contributed by atoms with Crippen LogP contribution in [0.15, 0.2) is 54.7 Å². The van der Waals surface area contributed by atoms with Crippen molar-refractivity contribution in [2.45, 2.75) is 31.9 Å². The summed E-state index contributed by atoms with van der Waals surface area (Å²) < 4.78 is 17.6. The standard InChI is InChI=1S/C25H26N4O6/c1-15(23(30)27-25(32)26-17-10-11-17)35-24(31)22-19(14-29(28-22)18-7-5-4-6-8-18)16-9-12-20(33-2)21(13-16)34-3/h4-9,12-15,17H,10-11H2,1-3H3,(H2,26,27,30,32). The van der Waals surface area contributed by atoms with Gasteiger partial charge in [0.2, 0.25) is 0 Å². The van der Waals surface area contributed by atoms with Crippen LogP contribution in [0, 0.1) is 0 Å². The first-order valence-corrected chi connectivity index (χ1v) is 11.1. The Bertz CT molecular complexity index is 1240. The number of rotatable bonds is 8. The minimum Gasteiger partial charge on any atom is -0.493 e. The monoisotopic (exact) mass is 478 g/mol. The molecule has 2 aromatic carbocycles. The fourth-order valence-corrected chi connectivity index (χ4v) is 3.39. The molecule has 0 aliphatic heterocycles. The molecule has 1 fully saturated rings. The fraction of sp³-hybridized carbons (Fsp3) is 0.280. The molecule has 182 valence electrons. The fourth-order valence-electron chi connectivity index (χ4n) is 3.39. The lowest BCUT2D eigenvalue weighted by Gasteiger charge is -2.13. The molecule has 1 atom stereocenters. The van der Waals surface area contributed by atoms with Crippen molar-refractivity contribution in [2.24, 2.45) is 0 Å². The molecule has 1 unspecified atom stereocenters. The van der Waals surface area contributed by atoms with E-state index in [0.717, 1.165) is 18.5 Å². The Labute approximate surface area is 202 Å². The van der Waals surface area contributed by atoms with Gasteiger partial charge in [0.1, 0.15) is 0 Å². The van der Waals surface area contributed by atoms with E-state index < -0.39 is 24.0 Å². The van der Waals surface area contributed by atoms with Crippen molar-refractivity contribution >= 4 is 17.9 Å². The smallest absolute Gasteiger partial charge is 0.360 e. The maximum Gasteiger partial charge on any atom is 0.360 e.